The van der Waals surface area contributed by atoms with Crippen LogP contribution >= 0.6 is 11.6 Å². The topological polar surface area (TPSA) is 96.7 Å². The van der Waals surface area contributed by atoms with Gasteiger partial charge in [-0.15, -0.1) is 0 Å². The largest absolute Gasteiger partial charge is 0.493 e. The Kier molecular flexibility index (Phi) is 6.44. The minimum Gasteiger partial charge on any atom is -0.493 e. The molecule has 34 heavy (non-hydrogen) atoms. The highest BCUT2D eigenvalue weighted by Gasteiger charge is 2.36. The molecule has 8 heteroatoms. The number of ether oxygens (including phenoxy) is 2. The minimum atomic E-state index is -0.796. The van der Waals surface area contributed by atoms with Crippen LogP contribution in [0.1, 0.15) is 31.8 Å². The number of hydrogen-bond acceptors (Lipinski definition) is 6. The predicted molar refractivity (Wildman–Crippen MR) is 125 cm³/mol. The monoisotopic (exact) mass is 472 g/mol. The molecule has 3 aromatic rings. The highest BCUT2D eigenvalue weighted by Crippen LogP contribution is 2.31. The molecule has 1 heterocycles. The summed E-state index contributed by atoms with van der Waals surface area (Å²) in [6.07, 6.45) is 1.66. The van der Waals surface area contributed by atoms with E-state index >= 15 is 0 Å². The Labute approximate surface area is 200 Å². The first-order valence-electron chi connectivity index (χ1n) is 10.1. The first-order chi connectivity index (χ1) is 16.4. The molecule has 0 aromatic heterocycles. The van der Waals surface area contributed by atoms with Crippen LogP contribution in [0.5, 0.6) is 11.5 Å². The van der Waals surface area contributed by atoms with Gasteiger partial charge in [0, 0.05) is 5.02 Å². The molecule has 0 unspecified atom stereocenters. The minimum absolute atomic E-state index is 0.117. The fourth-order valence-corrected chi connectivity index (χ4v) is 3.63. The molecule has 0 spiro atoms. The third-order valence-corrected chi connectivity index (χ3v) is 5.42. The molecule has 0 saturated carbocycles. The summed E-state index contributed by atoms with van der Waals surface area (Å²) >= 11 is 5.91. The van der Waals surface area contributed by atoms with Crippen molar-refractivity contribution in [3.05, 3.63) is 94.0 Å². The van der Waals surface area contributed by atoms with E-state index in [1.54, 1.807) is 54.6 Å². The molecular weight excluding hydrogens is 456 g/mol. The zero-order chi connectivity index (χ0) is 24.2. The van der Waals surface area contributed by atoms with Crippen LogP contribution in [0.3, 0.4) is 0 Å². The zero-order valence-electron chi connectivity index (χ0n) is 17.9. The second-order valence-electron chi connectivity index (χ2n) is 7.30. The Balaban J connectivity index is 1.51. The second-order valence-corrected chi connectivity index (χ2v) is 7.74. The average molecular weight is 473 g/mol. The number of rotatable bonds is 6. The number of allylic oxidation sites excluding steroid dienone is 1. The number of benzene rings is 3. The molecule has 7 nitrogen and oxygen atoms in total. The van der Waals surface area contributed by atoms with Gasteiger partial charge in [-0.25, -0.2) is 4.79 Å². The van der Waals surface area contributed by atoms with Gasteiger partial charge in [0.2, 0.25) is 0 Å². The molecule has 1 aliphatic rings. The fourth-order valence-electron chi connectivity index (χ4n) is 3.50. The van der Waals surface area contributed by atoms with E-state index in [-0.39, 0.29) is 22.6 Å². The van der Waals surface area contributed by atoms with Crippen LogP contribution in [0.4, 0.5) is 0 Å². The van der Waals surface area contributed by atoms with Crippen LogP contribution in [0, 0.1) is 11.3 Å². The number of halogens is 1. The molecular formula is C26H17ClN2O5. The highest BCUT2D eigenvalue weighted by atomic mass is 35.5. The number of carbonyl (C=O) groups is 3. The van der Waals surface area contributed by atoms with E-state index in [4.69, 9.17) is 21.1 Å². The summed E-state index contributed by atoms with van der Waals surface area (Å²) in [6, 6.07) is 20.2. The molecule has 0 saturated heterocycles. The van der Waals surface area contributed by atoms with Crippen molar-refractivity contribution < 1.29 is 23.9 Å². The smallest absolute Gasteiger partial charge is 0.331 e. The van der Waals surface area contributed by atoms with Crippen LogP contribution < -0.4 is 9.47 Å². The van der Waals surface area contributed by atoms with Gasteiger partial charge in [-0.3, -0.25) is 14.5 Å². The van der Waals surface area contributed by atoms with Crippen molar-refractivity contribution in [2.75, 3.05) is 13.7 Å². The average Bonchev–Trinajstić information content (AvgIpc) is 3.09. The van der Waals surface area contributed by atoms with Gasteiger partial charge < -0.3 is 9.47 Å². The lowest BCUT2D eigenvalue weighted by molar-refractivity contribution is -0.134. The van der Waals surface area contributed by atoms with E-state index in [1.807, 2.05) is 0 Å². The maximum absolute atomic E-state index is 12.5. The maximum atomic E-state index is 12.5. The fraction of sp³-hybridized carbons (Fsp3) is 0.0769. The molecule has 4 rings (SSSR count). The summed E-state index contributed by atoms with van der Waals surface area (Å²) in [6.45, 7) is -0.535. The van der Waals surface area contributed by atoms with Crippen molar-refractivity contribution in [1.82, 2.24) is 4.90 Å². The van der Waals surface area contributed by atoms with E-state index in [0.29, 0.717) is 21.7 Å². The van der Waals surface area contributed by atoms with Gasteiger partial charge in [-0.2, -0.15) is 5.26 Å². The van der Waals surface area contributed by atoms with Gasteiger partial charge in [-0.05, 0) is 53.6 Å². The first kappa shape index (κ1) is 22.8. The molecule has 0 bridgehead atoms. The van der Waals surface area contributed by atoms with Crippen molar-refractivity contribution >= 4 is 41.0 Å². The zero-order valence-corrected chi connectivity index (χ0v) is 18.7. The van der Waals surface area contributed by atoms with Gasteiger partial charge in [0.25, 0.3) is 11.8 Å². The Morgan fingerprint density at radius 3 is 2.24 bits per heavy atom. The number of esters is 1. The number of carbonyl (C=O) groups excluding carboxylic acids is 3. The van der Waals surface area contributed by atoms with Crippen molar-refractivity contribution in [1.29, 1.82) is 5.26 Å². The van der Waals surface area contributed by atoms with Crippen LogP contribution in [-0.4, -0.2) is 36.3 Å². The number of fused-ring (bicyclic) bond motifs is 1. The van der Waals surface area contributed by atoms with E-state index in [1.165, 1.54) is 25.3 Å². The lowest BCUT2D eigenvalue weighted by Gasteiger charge is -2.14. The van der Waals surface area contributed by atoms with Gasteiger partial charge in [-0.1, -0.05) is 41.9 Å². The lowest BCUT2D eigenvalue weighted by Crippen LogP contribution is -2.36. The van der Waals surface area contributed by atoms with Crippen LogP contribution in [0.2, 0.25) is 5.02 Å². The summed E-state index contributed by atoms with van der Waals surface area (Å²) < 4.78 is 10.7. The number of methoxy groups -OCH3 is 1. The summed E-state index contributed by atoms with van der Waals surface area (Å²) in [7, 11) is 1.41. The Hall–Kier alpha value is -4.41. The van der Waals surface area contributed by atoms with Gasteiger partial charge in [0.15, 0.2) is 11.5 Å². The van der Waals surface area contributed by atoms with E-state index in [2.05, 4.69) is 6.07 Å². The van der Waals surface area contributed by atoms with Crippen molar-refractivity contribution in [2.45, 2.75) is 0 Å². The molecule has 168 valence electrons. The van der Waals surface area contributed by atoms with Crippen molar-refractivity contribution in [3.8, 4) is 17.6 Å². The van der Waals surface area contributed by atoms with Crippen LogP contribution in [0.25, 0.3) is 11.6 Å². The van der Waals surface area contributed by atoms with Crippen LogP contribution in [0.15, 0.2) is 66.7 Å². The third-order valence-electron chi connectivity index (χ3n) is 5.16. The molecule has 0 fully saturated rings. The maximum Gasteiger partial charge on any atom is 0.331 e. The Morgan fingerprint density at radius 1 is 1.00 bits per heavy atom. The summed E-state index contributed by atoms with van der Waals surface area (Å²) in [5, 5.41) is 10.1. The van der Waals surface area contributed by atoms with Crippen molar-refractivity contribution in [3.63, 3.8) is 0 Å². The molecule has 1 aliphatic heterocycles. The van der Waals surface area contributed by atoms with E-state index < -0.39 is 24.3 Å². The number of hydrogen-bond donors (Lipinski definition) is 0. The second kappa shape index (κ2) is 9.61. The number of imide groups is 1. The molecule has 0 N–H and O–H groups in total. The van der Waals surface area contributed by atoms with Gasteiger partial charge in [0.05, 0.1) is 29.9 Å². The summed E-state index contributed by atoms with van der Waals surface area (Å²) in [5.74, 6) is -1.52. The van der Waals surface area contributed by atoms with Gasteiger partial charge >= 0.3 is 5.97 Å². The van der Waals surface area contributed by atoms with E-state index in [9.17, 15) is 19.6 Å². The quantitative estimate of drug-likeness (QED) is 0.171. The molecule has 0 aliphatic carbocycles. The first-order valence-corrected chi connectivity index (χ1v) is 10.5. The molecule has 3 aromatic carbocycles. The molecule has 0 radical (unpaired) electrons. The van der Waals surface area contributed by atoms with Crippen LogP contribution in [-0.2, 0) is 4.79 Å². The van der Waals surface area contributed by atoms with E-state index in [0.717, 1.165) is 4.90 Å². The third kappa shape index (κ3) is 4.53. The molecule has 0 atom stereocenters. The summed E-state index contributed by atoms with van der Waals surface area (Å²) in [5.41, 5.74) is 2.26. The summed E-state index contributed by atoms with van der Waals surface area (Å²) in [4.78, 5) is 38.3. The number of amides is 2. The predicted octanol–water partition coefficient (Wildman–Crippen LogP) is 4.61. The normalized spacial score (nSPS) is 12.9. The number of nitriles is 1. The SMILES string of the molecule is COc1cc(/C=C(\C#N)c2ccc(Cl)cc2)ccc1OC(=O)CN1C(=O)c2ccccc2C1=O. The highest BCUT2D eigenvalue weighted by molar-refractivity contribution is 6.30. The van der Waals surface area contributed by atoms with Crippen molar-refractivity contribution in [2.24, 2.45) is 0 Å². The molecule has 2 amide bonds. The van der Waals surface area contributed by atoms with Gasteiger partial charge in [0.1, 0.15) is 6.54 Å². The standard InChI is InChI=1S/C26H17ClN2O5/c1-33-23-13-16(12-18(14-28)17-7-9-19(27)10-8-17)6-11-22(23)34-24(30)15-29-25(31)20-4-2-3-5-21(20)26(29)32/h2-13H,15H2,1H3/b18-12+. The Bertz CT molecular complexity index is 1340. The Morgan fingerprint density at radius 2 is 1.65 bits per heavy atom. The lowest BCUT2D eigenvalue weighted by atomic mass is 10.0. The number of nitrogens with zero attached hydrogens (tertiary/aromatic N) is 2.